The molecule has 0 amide bonds. The average Bonchev–Trinajstić information content (AvgIpc) is 2.66. The zero-order valence-corrected chi connectivity index (χ0v) is 16.1. The predicted octanol–water partition coefficient (Wildman–Crippen LogP) is 3.84. The van der Waals surface area contributed by atoms with Crippen LogP contribution in [0.3, 0.4) is 0 Å². The summed E-state index contributed by atoms with van der Waals surface area (Å²) >= 11 is 0. The van der Waals surface area contributed by atoms with Gasteiger partial charge in [0.05, 0.1) is 11.3 Å². The number of hydrogen-bond acceptors (Lipinski definition) is 4. The third kappa shape index (κ3) is 5.65. The highest BCUT2D eigenvalue weighted by atomic mass is 19.1. The van der Waals surface area contributed by atoms with Gasteiger partial charge in [-0.1, -0.05) is 12.1 Å². The van der Waals surface area contributed by atoms with E-state index in [-0.39, 0.29) is 24.8 Å². The van der Waals surface area contributed by atoms with Crippen molar-refractivity contribution in [2.75, 3.05) is 6.61 Å². The van der Waals surface area contributed by atoms with Gasteiger partial charge >= 0.3 is 0 Å². The highest BCUT2D eigenvalue weighted by Gasteiger charge is 2.15. The van der Waals surface area contributed by atoms with Crippen molar-refractivity contribution in [1.82, 2.24) is 4.57 Å². The maximum atomic E-state index is 14.3. The lowest BCUT2D eigenvalue weighted by Crippen LogP contribution is -2.28. The molecule has 3 aromatic rings. The van der Waals surface area contributed by atoms with Gasteiger partial charge in [0, 0.05) is 18.3 Å². The van der Waals surface area contributed by atoms with E-state index in [1.807, 2.05) is 0 Å². The Morgan fingerprint density at radius 1 is 1.00 bits per heavy atom. The molecule has 0 radical (unpaired) electrons. The Balaban J connectivity index is 1.72. The number of aromatic nitrogens is 1. The lowest BCUT2D eigenvalue weighted by atomic mass is 10.2. The van der Waals surface area contributed by atoms with E-state index in [4.69, 9.17) is 9.47 Å². The number of rotatable bonds is 7. The summed E-state index contributed by atoms with van der Waals surface area (Å²) in [4.78, 5) is 12.4. The van der Waals surface area contributed by atoms with E-state index in [1.165, 1.54) is 41.1 Å². The summed E-state index contributed by atoms with van der Waals surface area (Å²) in [5.41, 5.74) is -0.398. The Morgan fingerprint density at radius 2 is 1.72 bits per heavy atom. The summed E-state index contributed by atoms with van der Waals surface area (Å²) in [6, 6.07) is 12.9. The van der Waals surface area contributed by atoms with Crippen molar-refractivity contribution < 1.29 is 23.4 Å². The number of ether oxygens (including phenoxy) is 2. The molecule has 0 saturated carbocycles. The highest BCUT2D eigenvalue weighted by molar-refractivity contribution is 5.40. The maximum Gasteiger partial charge on any atom is 0.258 e. The van der Waals surface area contributed by atoms with Gasteiger partial charge in [-0.25, -0.2) is 8.78 Å². The van der Waals surface area contributed by atoms with E-state index >= 15 is 0 Å². The molecule has 5 nitrogen and oxygen atoms in total. The summed E-state index contributed by atoms with van der Waals surface area (Å²) in [7, 11) is 0. The van der Waals surface area contributed by atoms with Gasteiger partial charge in [-0.05, 0) is 49.7 Å². The molecule has 3 rings (SSSR count). The van der Waals surface area contributed by atoms with Crippen molar-refractivity contribution in [2.24, 2.45) is 0 Å². The van der Waals surface area contributed by atoms with Crippen LogP contribution in [-0.4, -0.2) is 21.9 Å². The van der Waals surface area contributed by atoms with Gasteiger partial charge in [0.15, 0.2) is 11.6 Å². The maximum absolute atomic E-state index is 14.3. The van der Waals surface area contributed by atoms with Crippen molar-refractivity contribution in [3.8, 4) is 17.2 Å². The summed E-state index contributed by atoms with van der Waals surface area (Å²) in [6.07, 6.45) is 1.48. The fourth-order valence-corrected chi connectivity index (χ4v) is 2.52. The minimum absolute atomic E-state index is 0.0109. The van der Waals surface area contributed by atoms with Crippen molar-refractivity contribution >= 4 is 0 Å². The molecule has 0 atom stereocenters. The van der Waals surface area contributed by atoms with Crippen LogP contribution in [0.25, 0.3) is 5.69 Å². The Morgan fingerprint density at radius 3 is 2.34 bits per heavy atom. The topological polar surface area (TPSA) is 60.7 Å². The summed E-state index contributed by atoms with van der Waals surface area (Å²) in [5.74, 6) is -0.639. The second-order valence-corrected chi connectivity index (χ2v) is 7.20. The monoisotopic (exact) mass is 401 g/mol. The zero-order chi connectivity index (χ0) is 21.0. The number of benzene rings is 2. The lowest BCUT2D eigenvalue weighted by molar-refractivity contribution is 0.0272. The molecule has 7 heteroatoms. The van der Waals surface area contributed by atoms with E-state index in [9.17, 15) is 18.7 Å². The Labute approximate surface area is 166 Å². The third-order valence-corrected chi connectivity index (χ3v) is 3.98. The largest absolute Gasteiger partial charge is 0.489 e. The Kier molecular flexibility index (Phi) is 5.98. The number of nitrogens with zero attached hydrogens (tertiary/aromatic N) is 1. The first-order valence-corrected chi connectivity index (χ1v) is 8.96. The summed E-state index contributed by atoms with van der Waals surface area (Å²) in [5, 5.41) is 9.67. The molecular formula is C22H21F2NO4. The quantitative estimate of drug-likeness (QED) is 0.654. The van der Waals surface area contributed by atoms with Gasteiger partial charge in [0.25, 0.3) is 5.56 Å². The van der Waals surface area contributed by atoms with Crippen LogP contribution in [0.15, 0.2) is 65.6 Å². The van der Waals surface area contributed by atoms with E-state index < -0.39 is 17.0 Å². The number of halogens is 2. The molecule has 0 spiro atoms. The normalized spacial score (nSPS) is 11.3. The standard InChI is InChI=1S/C22H21F2NO4/c1-22(2,27)14-29-20-8-7-17(11-19(20)24)25-10-9-18(12-21(25)26)28-13-15-3-5-16(23)6-4-15/h3-12,27H,13-14H2,1-2H3. The van der Waals surface area contributed by atoms with Crippen molar-refractivity contribution in [3.63, 3.8) is 0 Å². The third-order valence-electron chi connectivity index (χ3n) is 3.98. The van der Waals surface area contributed by atoms with Gasteiger partial charge in [-0.2, -0.15) is 0 Å². The Hall–Kier alpha value is -3.19. The molecule has 2 aromatic carbocycles. The first-order chi connectivity index (χ1) is 13.7. The molecule has 0 fully saturated rings. The number of aliphatic hydroxyl groups is 1. The second-order valence-electron chi connectivity index (χ2n) is 7.20. The van der Waals surface area contributed by atoms with Crippen molar-refractivity contribution in [1.29, 1.82) is 0 Å². The first kappa shape index (κ1) is 20.5. The summed E-state index contributed by atoms with van der Waals surface area (Å²) < 4.78 is 39.3. The van der Waals surface area contributed by atoms with Crippen molar-refractivity contribution in [3.05, 3.63) is 88.3 Å². The highest BCUT2D eigenvalue weighted by Crippen LogP contribution is 2.21. The van der Waals surface area contributed by atoms with E-state index in [0.717, 1.165) is 5.56 Å². The molecule has 1 N–H and O–H groups in total. The van der Waals surface area contributed by atoms with Crippen molar-refractivity contribution in [2.45, 2.75) is 26.1 Å². The van der Waals surface area contributed by atoms with Crippen LogP contribution in [0.4, 0.5) is 8.78 Å². The van der Waals surface area contributed by atoms with Crippen LogP contribution in [0.1, 0.15) is 19.4 Å². The van der Waals surface area contributed by atoms with Gasteiger partial charge in [0.1, 0.15) is 24.8 Å². The SMILES string of the molecule is CC(C)(O)COc1ccc(-n2ccc(OCc3ccc(F)cc3)cc2=O)cc1F. The van der Waals surface area contributed by atoms with Crippen LogP contribution in [0.2, 0.25) is 0 Å². The molecule has 0 saturated heterocycles. The average molecular weight is 401 g/mol. The second kappa shape index (κ2) is 8.45. The minimum atomic E-state index is -1.09. The molecule has 0 unspecified atom stereocenters. The van der Waals surface area contributed by atoms with E-state index in [1.54, 1.807) is 38.1 Å². The fourth-order valence-electron chi connectivity index (χ4n) is 2.52. The molecule has 0 aliphatic rings. The smallest absolute Gasteiger partial charge is 0.258 e. The van der Waals surface area contributed by atoms with Crippen LogP contribution < -0.4 is 15.0 Å². The predicted molar refractivity (Wildman–Crippen MR) is 105 cm³/mol. The zero-order valence-electron chi connectivity index (χ0n) is 16.1. The molecular weight excluding hydrogens is 380 g/mol. The molecule has 0 aliphatic carbocycles. The first-order valence-electron chi connectivity index (χ1n) is 8.96. The number of hydrogen-bond donors (Lipinski definition) is 1. The molecule has 0 aliphatic heterocycles. The van der Waals surface area contributed by atoms with E-state index in [0.29, 0.717) is 11.4 Å². The van der Waals surface area contributed by atoms with Crippen LogP contribution in [-0.2, 0) is 6.61 Å². The van der Waals surface area contributed by atoms with E-state index in [2.05, 4.69) is 0 Å². The molecule has 1 aromatic heterocycles. The molecule has 0 bridgehead atoms. The summed E-state index contributed by atoms with van der Waals surface area (Å²) in [6.45, 7) is 3.23. The van der Waals surface area contributed by atoms with Gasteiger partial charge < -0.3 is 14.6 Å². The van der Waals surface area contributed by atoms with Gasteiger partial charge in [-0.3, -0.25) is 9.36 Å². The number of pyridine rings is 1. The molecule has 29 heavy (non-hydrogen) atoms. The van der Waals surface area contributed by atoms with Crippen LogP contribution in [0.5, 0.6) is 11.5 Å². The minimum Gasteiger partial charge on any atom is -0.489 e. The molecule has 1 heterocycles. The van der Waals surface area contributed by atoms with Gasteiger partial charge in [0.2, 0.25) is 0 Å². The van der Waals surface area contributed by atoms with Crippen LogP contribution in [0, 0.1) is 11.6 Å². The fraction of sp³-hybridized carbons (Fsp3) is 0.227. The molecule has 152 valence electrons. The lowest BCUT2D eigenvalue weighted by Gasteiger charge is -2.18. The Bertz CT molecular complexity index is 1040. The van der Waals surface area contributed by atoms with Crippen LogP contribution >= 0.6 is 0 Å². The van der Waals surface area contributed by atoms with Gasteiger partial charge in [-0.15, -0.1) is 0 Å².